The Kier molecular flexibility index (Phi) is 8.73. The van der Waals surface area contributed by atoms with E-state index in [0.29, 0.717) is 31.6 Å². The van der Waals surface area contributed by atoms with Crippen molar-refractivity contribution in [2.24, 2.45) is 11.8 Å². The molecule has 0 N–H and O–H groups in total. The number of esters is 1. The molecule has 5 atom stereocenters. The van der Waals surface area contributed by atoms with Gasteiger partial charge in [0, 0.05) is 31.3 Å². The third-order valence-electron chi connectivity index (χ3n) is 6.68. The summed E-state index contributed by atoms with van der Waals surface area (Å²) >= 11 is 0. The van der Waals surface area contributed by atoms with Crippen LogP contribution in [-0.4, -0.2) is 43.6 Å². The molecule has 1 saturated carbocycles. The number of hydrogen-bond acceptors (Lipinski definition) is 5. The van der Waals surface area contributed by atoms with Crippen molar-refractivity contribution in [1.29, 1.82) is 0 Å². The minimum absolute atomic E-state index is 0.131. The van der Waals surface area contributed by atoms with Gasteiger partial charge in [-0.15, -0.1) is 0 Å². The summed E-state index contributed by atoms with van der Waals surface area (Å²) in [6.45, 7) is -0.113. The molecule has 1 aromatic carbocycles. The van der Waals surface area contributed by atoms with E-state index in [1.165, 1.54) is 0 Å². The van der Waals surface area contributed by atoms with Crippen molar-refractivity contribution >= 4 is 5.97 Å². The van der Waals surface area contributed by atoms with Gasteiger partial charge in [0.25, 0.3) is 5.92 Å². The maximum Gasteiger partial charge on any atom is 0.306 e. The first-order valence-corrected chi connectivity index (χ1v) is 12.4. The second-order valence-electron chi connectivity index (χ2n) is 9.30. The summed E-state index contributed by atoms with van der Waals surface area (Å²) in [5.74, 6) is -3.44. The summed E-state index contributed by atoms with van der Waals surface area (Å²) in [5.41, 5.74) is 0. The van der Waals surface area contributed by atoms with Crippen LogP contribution in [0, 0.1) is 11.8 Å². The first-order valence-electron chi connectivity index (χ1n) is 12.4. The van der Waals surface area contributed by atoms with Crippen molar-refractivity contribution in [3.63, 3.8) is 0 Å². The molecule has 2 heterocycles. The highest BCUT2D eigenvalue weighted by Crippen LogP contribution is 2.42. The number of rotatable bonds is 7. The van der Waals surface area contributed by atoms with Gasteiger partial charge in [-0.3, -0.25) is 4.79 Å². The Labute approximate surface area is 200 Å². The summed E-state index contributed by atoms with van der Waals surface area (Å²) in [4.78, 5) is 12.3. The molecule has 1 saturated heterocycles. The second kappa shape index (κ2) is 11.9. The normalized spacial score (nSPS) is 31.6. The molecule has 2 aliphatic heterocycles. The summed E-state index contributed by atoms with van der Waals surface area (Å²) in [6.07, 6.45) is 11.4. The topological polar surface area (TPSA) is 54.0 Å². The van der Waals surface area contributed by atoms with Crippen LogP contribution < -0.4 is 4.74 Å². The Morgan fingerprint density at radius 1 is 1.12 bits per heavy atom. The fraction of sp³-hybridized carbons (Fsp3) is 0.593. The van der Waals surface area contributed by atoms with Crippen LogP contribution in [0.1, 0.15) is 51.4 Å². The van der Waals surface area contributed by atoms with Crippen LogP contribution in [0.2, 0.25) is 0 Å². The van der Waals surface area contributed by atoms with E-state index in [1.54, 1.807) is 36.4 Å². The van der Waals surface area contributed by atoms with Crippen LogP contribution >= 0.6 is 0 Å². The number of halogens is 2. The molecule has 7 heteroatoms. The van der Waals surface area contributed by atoms with E-state index >= 15 is 0 Å². The molecule has 0 spiro atoms. The van der Waals surface area contributed by atoms with Gasteiger partial charge in [-0.1, -0.05) is 36.4 Å². The smallest absolute Gasteiger partial charge is 0.306 e. The molecule has 5 nitrogen and oxygen atoms in total. The van der Waals surface area contributed by atoms with E-state index in [-0.39, 0.29) is 36.3 Å². The third kappa shape index (κ3) is 7.12. The Hall–Kier alpha value is -2.25. The highest BCUT2D eigenvalue weighted by molar-refractivity contribution is 5.69. The fourth-order valence-electron chi connectivity index (χ4n) is 4.91. The van der Waals surface area contributed by atoms with Crippen LogP contribution in [0.4, 0.5) is 8.78 Å². The number of benzene rings is 1. The third-order valence-corrected chi connectivity index (χ3v) is 6.68. The first-order chi connectivity index (χ1) is 16.5. The Bertz CT molecular complexity index is 835. The van der Waals surface area contributed by atoms with Gasteiger partial charge >= 0.3 is 5.97 Å². The van der Waals surface area contributed by atoms with Crippen LogP contribution in [-0.2, 0) is 19.0 Å². The lowest BCUT2D eigenvalue weighted by molar-refractivity contribution is -0.193. The Morgan fingerprint density at radius 3 is 2.76 bits per heavy atom. The van der Waals surface area contributed by atoms with Crippen molar-refractivity contribution in [3.05, 3.63) is 54.6 Å². The molecule has 186 valence electrons. The zero-order chi connectivity index (χ0) is 23.8. The SMILES string of the molecule is O=C1CCC/C=C\C[C@@H]2[C@@H](/C=C/C(F)(F)COc3ccccc3)[C@H](OC3CCCCO3)C[C@@H]2O1. The van der Waals surface area contributed by atoms with E-state index in [2.05, 4.69) is 12.2 Å². The van der Waals surface area contributed by atoms with E-state index in [0.717, 1.165) is 38.2 Å². The van der Waals surface area contributed by atoms with Gasteiger partial charge < -0.3 is 18.9 Å². The molecule has 4 rings (SSSR count). The molecule has 1 aromatic rings. The molecule has 0 bridgehead atoms. The summed E-state index contributed by atoms with van der Waals surface area (Å²) in [5, 5.41) is 0. The lowest BCUT2D eigenvalue weighted by Gasteiger charge is -2.29. The Balaban J connectivity index is 1.49. The fourth-order valence-corrected chi connectivity index (χ4v) is 4.91. The first kappa shape index (κ1) is 24.9. The number of alkyl halides is 2. The summed E-state index contributed by atoms with van der Waals surface area (Å²) in [7, 11) is 0. The number of ether oxygens (including phenoxy) is 4. The predicted molar refractivity (Wildman–Crippen MR) is 124 cm³/mol. The Morgan fingerprint density at radius 2 is 1.97 bits per heavy atom. The highest BCUT2D eigenvalue weighted by Gasteiger charge is 2.46. The van der Waals surface area contributed by atoms with Crippen molar-refractivity contribution in [2.45, 2.75) is 75.8 Å². The number of hydrogen-bond donors (Lipinski definition) is 0. The van der Waals surface area contributed by atoms with E-state index in [9.17, 15) is 13.6 Å². The highest BCUT2D eigenvalue weighted by atomic mass is 19.3. The van der Waals surface area contributed by atoms with Crippen molar-refractivity contribution in [2.75, 3.05) is 13.2 Å². The lowest BCUT2D eigenvalue weighted by Crippen LogP contribution is -2.31. The van der Waals surface area contributed by atoms with Gasteiger partial charge in [0.15, 0.2) is 12.9 Å². The standard InChI is InChI=1S/C27H34F2O5/c28-27(29,19-32-20-10-4-3-5-11-20)16-15-22-21-12-6-1-2-7-13-25(30)33-23(21)18-24(22)34-26-14-8-9-17-31-26/h1,3-6,10-11,15-16,21-24,26H,2,7-9,12-14,17-19H2/b6-1-,16-15+/t21-,22-,23+,24-,26?/m1/s1. The number of fused-ring (bicyclic) bond motifs is 1. The molecular formula is C27H34F2O5. The van der Waals surface area contributed by atoms with Gasteiger partial charge in [0.2, 0.25) is 0 Å². The minimum Gasteiger partial charge on any atom is -0.487 e. The number of carbonyl (C=O) groups is 1. The van der Waals surface area contributed by atoms with E-state index < -0.39 is 12.5 Å². The van der Waals surface area contributed by atoms with Gasteiger partial charge in [-0.25, -0.2) is 0 Å². The second-order valence-corrected chi connectivity index (χ2v) is 9.30. The number of para-hydroxylation sites is 1. The van der Waals surface area contributed by atoms with Crippen LogP contribution in [0.3, 0.4) is 0 Å². The molecule has 0 aromatic heterocycles. The summed E-state index contributed by atoms with van der Waals surface area (Å²) < 4.78 is 52.5. The lowest BCUT2D eigenvalue weighted by atomic mass is 9.89. The maximum absolute atomic E-state index is 14.7. The van der Waals surface area contributed by atoms with Crippen molar-refractivity contribution in [1.82, 2.24) is 0 Å². The maximum atomic E-state index is 14.7. The zero-order valence-corrected chi connectivity index (χ0v) is 19.5. The van der Waals surface area contributed by atoms with Gasteiger partial charge in [0.05, 0.1) is 6.10 Å². The monoisotopic (exact) mass is 476 g/mol. The molecule has 0 amide bonds. The van der Waals surface area contributed by atoms with E-state index in [4.69, 9.17) is 18.9 Å². The summed E-state index contributed by atoms with van der Waals surface area (Å²) in [6, 6.07) is 8.58. The molecule has 1 unspecified atom stereocenters. The van der Waals surface area contributed by atoms with Crippen LogP contribution in [0.25, 0.3) is 0 Å². The number of carbonyl (C=O) groups excluding carboxylic acids is 1. The molecule has 3 aliphatic rings. The largest absolute Gasteiger partial charge is 0.487 e. The zero-order valence-electron chi connectivity index (χ0n) is 19.5. The van der Waals surface area contributed by atoms with Crippen LogP contribution in [0.15, 0.2) is 54.6 Å². The molecule has 2 fully saturated rings. The molecule has 0 radical (unpaired) electrons. The van der Waals surface area contributed by atoms with Crippen molar-refractivity contribution in [3.8, 4) is 5.75 Å². The minimum atomic E-state index is -3.15. The molecule has 34 heavy (non-hydrogen) atoms. The van der Waals surface area contributed by atoms with E-state index in [1.807, 2.05) is 0 Å². The van der Waals surface area contributed by atoms with Crippen LogP contribution in [0.5, 0.6) is 5.75 Å². The van der Waals surface area contributed by atoms with Gasteiger partial charge in [0.1, 0.15) is 11.9 Å². The molecular weight excluding hydrogens is 442 g/mol. The predicted octanol–water partition coefficient (Wildman–Crippen LogP) is 5.85. The average molecular weight is 477 g/mol. The average Bonchev–Trinajstić information content (AvgIpc) is 3.15. The van der Waals surface area contributed by atoms with Gasteiger partial charge in [-0.05, 0) is 56.7 Å². The molecule has 1 aliphatic carbocycles. The quantitative estimate of drug-likeness (QED) is 0.365. The van der Waals surface area contributed by atoms with Crippen molar-refractivity contribution < 1.29 is 32.5 Å². The number of allylic oxidation sites excluding steroid dienone is 2. The van der Waals surface area contributed by atoms with Gasteiger partial charge in [-0.2, -0.15) is 8.78 Å².